The van der Waals surface area contributed by atoms with Gasteiger partial charge in [-0.2, -0.15) is 0 Å². The molecule has 1 N–H and O–H groups in total. The van der Waals surface area contributed by atoms with Crippen LogP contribution < -0.4 is 5.32 Å². The summed E-state index contributed by atoms with van der Waals surface area (Å²) in [6, 6.07) is -0.315. The van der Waals surface area contributed by atoms with E-state index >= 15 is 0 Å². The molecule has 2 aliphatic carbocycles. The van der Waals surface area contributed by atoms with Gasteiger partial charge in [-0.15, -0.1) is 0 Å². The summed E-state index contributed by atoms with van der Waals surface area (Å²) >= 11 is 0. The zero-order chi connectivity index (χ0) is 14.3. The standard InChI is InChI=1S/C16H26N2O2/c1-3-11(2)14-15(20)18(9-6-13(19)17-14)10-16(7-8-16)12-4-5-12/h11-12,14H,3-10H2,1-2H3,(H,17,19). The quantitative estimate of drug-likeness (QED) is 0.835. The molecule has 0 aromatic carbocycles. The molecule has 2 saturated carbocycles. The lowest BCUT2D eigenvalue weighted by molar-refractivity contribution is -0.135. The number of nitrogens with one attached hydrogen (secondary N) is 1. The van der Waals surface area contributed by atoms with Crippen molar-refractivity contribution in [3.8, 4) is 0 Å². The average Bonchev–Trinajstić information content (AvgIpc) is 3.28. The van der Waals surface area contributed by atoms with Gasteiger partial charge in [0, 0.05) is 19.5 Å². The Morgan fingerprint density at radius 3 is 2.60 bits per heavy atom. The van der Waals surface area contributed by atoms with Crippen molar-refractivity contribution in [3.63, 3.8) is 0 Å². The van der Waals surface area contributed by atoms with Gasteiger partial charge >= 0.3 is 0 Å². The van der Waals surface area contributed by atoms with Crippen LogP contribution in [0.15, 0.2) is 0 Å². The van der Waals surface area contributed by atoms with Gasteiger partial charge in [-0.3, -0.25) is 9.59 Å². The molecule has 2 amide bonds. The van der Waals surface area contributed by atoms with E-state index in [1.807, 2.05) is 4.90 Å². The molecule has 3 rings (SSSR count). The number of carbonyl (C=O) groups is 2. The minimum Gasteiger partial charge on any atom is -0.344 e. The third-order valence-corrected chi connectivity index (χ3v) is 5.56. The van der Waals surface area contributed by atoms with Gasteiger partial charge in [0.2, 0.25) is 11.8 Å². The number of amides is 2. The Kier molecular flexibility index (Phi) is 3.51. The molecular weight excluding hydrogens is 252 g/mol. The SMILES string of the molecule is CCC(C)C1NC(=O)CCN(CC2(C3CC3)CC2)C1=O. The highest BCUT2D eigenvalue weighted by Crippen LogP contribution is 2.61. The van der Waals surface area contributed by atoms with Crippen LogP contribution in [0.25, 0.3) is 0 Å². The summed E-state index contributed by atoms with van der Waals surface area (Å²) in [4.78, 5) is 26.6. The van der Waals surface area contributed by atoms with E-state index < -0.39 is 0 Å². The van der Waals surface area contributed by atoms with Crippen LogP contribution in [0.1, 0.15) is 52.4 Å². The Morgan fingerprint density at radius 2 is 2.05 bits per heavy atom. The van der Waals surface area contributed by atoms with Gasteiger partial charge in [-0.05, 0) is 42.9 Å². The van der Waals surface area contributed by atoms with E-state index in [1.54, 1.807) is 0 Å². The van der Waals surface area contributed by atoms with E-state index in [1.165, 1.54) is 25.7 Å². The number of hydrogen-bond acceptors (Lipinski definition) is 2. The first-order valence-electron chi connectivity index (χ1n) is 8.14. The molecule has 4 heteroatoms. The molecule has 2 unspecified atom stereocenters. The van der Waals surface area contributed by atoms with Gasteiger partial charge in [-0.1, -0.05) is 20.3 Å². The van der Waals surface area contributed by atoms with Gasteiger partial charge in [0.05, 0.1) is 0 Å². The van der Waals surface area contributed by atoms with Crippen molar-refractivity contribution in [1.82, 2.24) is 10.2 Å². The maximum Gasteiger partial charge on any atom is 0.245 e. The molecule has 20 heavy (non-hydrogen) atoms. The lowest BCUT2D eigenvalue weighted by Gasteiger charge is -2.30. The summed E-state index contributed by atoms with van der Waals surface area (Å²) in [5, 5.41) is 2.93. The fraction of sp³-hybridized carbons (Fsp3) is 0.875. The maximum absolute atomic E-state index is 12.8. The van der Waals surface area contributed by atoms with Gasteiger partial charge < -0.3 is 10.2 Å². The van der Waals surface area contributed by atoms with Crippen LogP contribution in [0.5, 0.6) is 0 Å². The van der Waals surface area contributed by atoms with Crippen molar-refractivity contribution in [1.29, 1.82) is 0 Å². The Bertz CT molecular complexity index is 413. The first-order chi connectivity index (χ1) is 9.55. The van der Waals surface area contributed by atoms with Crippen molar-refractivity contribution < 1.29 is 9.59 Å². The van der Waals surface area contributed by atoms with Crippen LogP contribution in [-0.2, 0) is 9.59 Å². The second-order valence-electron chi connectivity index (χ2n) is 7.08. The van der Waals surface area contributed by atoms with Crippen molar-refractivity contribution in [2.24, 2.45) is 17.3 Å². The number of rotatable bonds is 5. The molecule has 3 fully saturated rings. The van der Waals surface area contributed by atoms with Crippen LogP contribution in [-0.4, -0.2) is 35.8 Å². The highest BCUT2D eigenvalue weighted by molar-refractivity contribution is 5.90. The zero-order valence-electron chi connectivity index (χ0n) is 12.7. The zero-order valence-corrected chi connectivity index (χ0v) is 12.7. The minimum atomic E-state index is -0.315. The molecule has 2 atom stereocenters. The van der Waals surface area contributed by atoms with E-state index in [2.05, 4.69) is 19.2 Å². The fourth-order valence-corrected chi connectivity index (χ4v) is 3.56. The number of carbonyl (C=O) groups excluding carboxylic acids is 2. The van der Waals surface area contributed by atoms with Crippen LogP contribution in [0, 0.1) is 17.3 Å². The topological polar surface area (TPSA) is 49.4 Å². The van der Waals surface area contributed by atoms with Crippen molar-refractivity contribution in [2.75, 3.05) is 13.1 Å². The smallest absolute Gasteiger partial charge is 0.245 e. The molecule has 0 bridgehead atoms. The monoisotopic (exact) mass is 278 g/mol. The van der Waals surface area contributed by atoms with E-state index in [0.29, 0.717) is 18.4 Å². The Hall–Kier alpha value is -1.06. The first kappa shape index (κ1) is 13.9. The molecule has 3 aliphatic rings. The van der Waals surface area contributed by atoms with E-state index in [-0.39, 0.29) is 23.8 Å². The predicted molar refractivity (Wildman–Crippen MR) is 77.0 cm³/mol. The third-order valence-electron chi connectivity index (χ3n) is 5.56. The van der Waals surface area contributed by atoms with Crippen LogP contribution in [0.3, 0.4) is 0 Å². The molecule has 1 heterocycles. The molecule has 0 radical (unpaired) electrons. The van der Waals surface area contributed by atoms with Gasteiger partial charge in [0.1, 0.15) is 6.04 Å². The molecule has 1 aliphatic heterocycles. The maximum atomic E-state index is 12.8. The summed E-state index contributed by atoms with van der Waals surface area (Å²) in [5.41, 5.74) is 0.420. The Morgan fingerprint density at radius 1 is 1.35 bits per heavy atom. The molecule has 4 nitrogen and oxygen atoms in total. The van der Waals surface area contributed by atoms with E-state index in [4.69, 9.17) is 0 Å². The lowest BCUT2D eigenvalue weighted by Crippen LogP contribution is -2.49. The third kappa shape index (κ3) is 2.57. The average molecular weight is 278 g/mol. The molecule has 1 saturated heterocycles. The summed E-state index contributed by atoms with van der Waals surface area (Å²) in [5.74, 6) is 1.24. The largest absolute Gasteiger partial charge is 0.344 e. The molecule has 0 spiro atoms. The number of nitrogens with zero attached hydrogens (tertiary/aromatic N) is 1. The highest BCUT2D eigenvalue weighted by Gasteiger charge is 2.55. The number of hydrogen-bond donors (Lipinski definition) is 1. The highest BCUT2D eigenvalue weighted by atomic mass is 16.2. The van der Waals surface area contributed by atoms with Crippen molar-refractivity contribution in [2.45, 2.75) is 58.4 Å². The summed E-state index contributed by atoms with van der Waals surface area (Å²) in [7, 11) is 0. The summed E-state index contributed by atoms with van der Waals surface area (Å²) in [6.45, 7) is 5.62. The molecule has 0 aromatic rings. The minimum absolute atomic E-state index is 0.0300. The lowest BCUT2D eigenvalue weighted by atomic mass is 9.96. The second-order valence-corrected chi connectivity index (χ2v) is 7.08. The summed E-state index contributed by atoms with van der Waals surface area (Å²) in [6.07, 6.45) is 6.60. The van der Waals surface area contributed by atoms with Crippen LogP contribution >= 0.6 is 0 Å². The molecular formula is C16H26N2O2. The fourth-order valence-electron chi connectivity index (χ4n) is 3.56. The molecule has 0 aromatic heterocycles. The van der Waals surface area contributed by atoms with E-state index in [9.17, 15) is 9.59 Å². The van der Waals surface area contributed by atoms with E-state index in [0.717, 1.165) is 18.9 Å². The predicted octanol–water partition coefficient (Wildman–Crippen LogP) is 1.94. The Labute approximate surface area is 121 Å². The van der Waals surface area contributed by atoms with Gasteiger partial charge in [0.25, 0.3) is 0 Å². The van der Waals surface area contributed by atoms with Crippen LogP contribution in [0.2, 0.25) is 0 Å². The normalized spacial score (nSPS) is 30.7. The van der Waals surface area contributed by atoms with Crippen molar-refractivity contribution in [3.05, 3.63) is 0 Å². The van der Waals surface area contributed by atoms with Crippen molar-refractivity contribution >= 4 is 11.8 Å². The van der Waals surface area contributed by atoms with Gasteiger partial charge in [0.15, 0.2) is 0 Å². The van der Waals surface area contributed by atoms with Crippen LogP contribution in [0.4, 0.5) is 0 Å². The second kappa shape index (κ2) is 5.05. The summed E-state index contributed by atoms with van der Waals surface area (Å²) < 4.78 is 0. The van der Waals surface area contributed by atoms with Gasteiger partial charge in [-0.25, -0.2) is 0 Å². The Balaban J connectivity index is 1.72. The molecule has 112 valence electrons. The first-order valence-corrected chi connectivity index (χ1v) is 8.14.